The molecule has 0 amide bonds. The van der Waals surface area contributed by atoms with E-state index in [9.17, 15) is 0 Å². The molecule has 0 fully saturated rings. The van der Waals surface area contributed by atoms with Crippen molar-refractivity contribution >= 4 is 16.7 Å². The van der Waals surface area contributed by atoms with Gasteiger partial charge in [0.2, 0.25) is 0 Å². The molecule has 0 radical (unpaired) electrons. The number of nitrogens with zero attached hydrogens (tertiary/aromatic N) is 3. The summed E-state index contributed by atoms with van der Waals surface area (Å²) < 4.78 is 7.61. The average Bonchev–Trinajstić information content (AvgIpc) is 3.22. The van der Waals surface area contributed by atoms with Crippen molar-refractivity contribution in [3.05, 3.63) is 84.2 Å². The largest absolute Gasteiger partial charge is 0.384 e. The molecule has 4 aromatic rings. The van der Waals surface area contributed by atoms with E-state index in [4.69, 9.17) is 10.5 Å². The second-order valence-electron chi connectivity index (χ2n) is 6.50. The van der Waals surface area contributed by atoms with E-state index < -0.39 is 0 Å². The van der Waals surface area contributed by atoms with Crippen LogP contribution in [0.4, 0.5) is 5.82 Å². The van der Waals surface area contributed by atoms with E-state index in [1.54, 1.807) is 6.20 Å². The molecule has 0 saturated heterocycles. The zero-order valence-electron chi connectivity index (χ0n) is 15.1. The molecule has 0 bridgehead atoms. The highest BCUT2D eigenvalue weighted by molar-refractivity contribution is 5.85. The first-order valence-corrected chi connectivity index (χ1v) is 9.10. The molecule has 5 heteroatoms. The zero-order chi connectivity index (χ0) is 18.5. The molecule has 27 heavy (non-hydrogen) atoms. The lowest BCUT2D eigenvalue weighted by atomic mass is 10.0. The Kier molecular flexibility index (Phi) is 5.12. The Morgan fingerprint density at radius 3 is 2.70 bits per heavy atom. The number of anilines is 1. The number of nitrogen functional groups attached to an aromatic ring is 1. The molecule has 0 unspecified atom stereocenters. The summed E-state index contributed by atoms with van der Waals surface area (Å²) in [6.45, 7) is 1.36. The Bertz CT molecular complexity index is 1010. The lowest BCUT2D eigenvalue weighted by Gasteiger charge is -2.10. The van der Waals surface area contributed by atoms with E-state index in [2.05, 4.69) is 34.3 Å². The topological polar surface area (TPSA) is 66.0 Å². The second kappa shape index (κ2) is 8.01. The standard InChI is InChI=1S/C22H22N4O/c23-22-14-18(8-4-13-27-16-17-6-2-1-3-7-17)20-10-9-19(15-21(20)25-22)26-12-5-11-24-26/h1-3,5-7,9-12,14-15H,4,8,13,16H2,(H2,23,25). The second-order valence-corrected chi connectivity index (χ2v) is 6.50. The van der Waals surface area contributed by atoms with Crippen LogP contribution >= 0.6 is 0 Å². The Morgan fingerprint density at radius 1 is 1.00 bits per heavy atom. The Morgan fingerprint density at radius 2 is 1.89 bits per heavy atom. The summed E-state index contributed by atoms with van der Waals surface area (Å²) in [6.07, 6.45) is 5.52. The summed E-state index contributed by atoms with van der Waals surface area (Å²) in [7, 11) is 0. The van der Waals surface area contributed by atoms with Crippen LogP contribution in [0.15, 0.2) is 73.1 Å². The number of ether oxygens (including phenoxy) is 1. The minimum Gasteiger partial charge on any atom is -0.384 e. The minimum absolute atomic E-state index is 0.542. The fraction of sp³-hybridized carbons (Fsp3) is 0.182. The fourth-order valence-electron chi connectivity index (χ4n) is 3.21. The van der Waals surface area contributed by atoms with Crippen molar-refractivity contribution in [1.29, 1.82) is 0 Å². The van der Waals surface area contributed by atoms with Crippen LogP contribution in [-0.2, 0) is 17.8 Å². The number of nitrogens with two attached hydrogens (primary N) is 1. The predicted octanol–water partition coefficient (Wildman–Crippen LogP) is 4.15. The summed E-state index contributed by atoms with van der Waals surface area (Å²) in [5.41, 5.74) is 10.3. The highest BCUT2D eigenvalue weighted by Crippen LogP contribution is 2.23. The number of rotatable bonds is 7. The lowest BCUT2D eigenvalue weighted by molar-refractivity contribution is 0.119. The summed E-state index contributed by atoms with van der Waals surface area (Å²) in [4.78, 5) is 4.50. The van der Waals surface area contributed by atoms with Gasteiger partial charge >= 0.3 is 0 Å². The van der Waals surface area contributed by atoms with Crippen molar-refractivity contribution in [3.8, 4) is 5.69 Å². The summed E-state index contributed by atoms with van der Waals surface area (Å²) in [5, 5.41) is 5.40. The van der Waals surface area contributed by atoms with Crippen molar-refractivity contribution in [2.45, 2.75) is 19.4 Å². The van der Waals surface area contributed by atoms with Gasteiger partial charge in [0.15, 0.2) is 0 Å². The van der Waals surface area contributed by atoms with Gasteiger partial charge in [-0.15, -0.1) is 0 Å². The zero-order valence-corrected chi connectivity index (χ0v) is 15.1. The summed E-state index contributed by atoms with van der Waals surface area (Å²) in [5.74, 6) is 0.542. The number of benzene rings is 2. The van der Waals surface area contributed by atoms with E-state index >= 15 is 0 Å². The SMILES string of the molecule is Nc1cc(CCCOCc2ccccc2)c2ccc(-n3cccn3)cc2n1. The van der Waals surface area contributed by atoms with E-state index in [0.717, 1.165) is 29.4 Å². The van der Waals surface area contributed by atoms with Crippen molar-refractivity contribution in [3.63, 3.8) is 0 Å². The first-order valence-electron chi connectivity index (χ1n) is 9.10. The number of hydrogen-bond acceptors (Lipinski definition) is 4. The molecule has 136 valence electrons. The summed E-state index contributed by atoms with van der Waals surface area (Å²) >= 11 is 0. The molecule has 2 aromatic heterocycles. The van der Waals surface area contributed by atoms with Crippen molar-refractivity contribution < 1.29 is 4.74 Å². The average molecular weight is 358 g/mol. The van der Waals surface area contributed by atoms with Crippen LogP contribution in [-0.4, -0.2) is 21.4 Å². The van der Waals surface area contributed by atoms with E-state index in [1.165, 1.54) is 11.1 Å². The Balaban J connectivity index is 1.43. The highest BCUT2D eigenvalue weighted by atomic mass is 16.5. The molecule has 0 aliphatic rings. The normalized spacial score (nSPS) is 11.1. The minimum atomic E-state index is 0.542. The molecule has 2 heterocycles. The van der Waals surface area contributed by atoms with Crippen LogP contribution in [0.25, 0.3) is 16.6 Å². The molecule has 4 rings (SSSR count). The molecule has 0 aliphatic heterocycles. The molecule has 5 nitrogen and oxygen atoms in total. The number of hydrogen-bond donors (Lipinski definition) is 1. The smallest absolute Gasteiger partial charge is 0.124 e. The first-order chi connectivity index (χ1) is 13.3. The molecule has 0 atom stereocenters. The van der Waals surface area contributed by atoms with Crippen LogP contribution in [0.1, 0.15) is 17.5 Å². The maximum absolute atomic E-state index is 6.04. The number of aromatic nitrogens is 3. The van der Waals surface area contributed by atoms with Crippen LogP contribution in [0, 0.1) is 0 Å². The predicted molar refractivity (Wildman–Crippen MR) is 108 cm³/mol. The molecule has 2 aromatic carbocycles. The molecule has 0 spiro atoms. The van der Waals surface area contributed by atoms with Gasteiger partial charge in [0.1, 0.15) is 5.82 Å². The molecular weight excluding hydrogens is 336 g/mol. The number of pyridine rings is 1. The Labute approximate surface area is 158 Å². The van der Waals surface area contributed by atoms with Crippen molar-refractivity contribution in [2.75, 3.05) is 12.3 Å². The van der Waals surface area contributed by atoms with Gasteiger partial charge in [0.25, 0.3) is 0 Å². The third-order valence-corrected chi connectivity index (χ3v) is 4.51. The first kappa shape index (κ1) is 17.2. The molecule has 0 saturated carbocycles. The molecular formula is C22H22N4O. The van der Waals surface area contributed by atoms with Gasteiger partial charge < -0.3 is 10.5 Å². The number of aryl methyl sites for hydroxylation is 1. The van der Waals surface area contributed by atoms with Gasteiger partial charge in [-0.05, 0) is 48.2 Å². The van der Waals surface area contributed by atoms with Gasteiger partial charge in [0.05, 0.1) is 17.8 Å². The highest BCUT2D eigenvalue weighted by Gasteiger charge is 2.07. The van der Waals surface area contributed by atoms with Crippen LogP contribution in [0.5, 0.6) is 0 Å². The third-order valence-electron chi connectivity index (χ3n) is 4.51. The van der Waals surface area contributed by atoms with Crippen LogP contribution in [0.3, 0.4) is 0 Å². The van der Waals surface area contributed by atoms with Crippen LogP contribution in [0.2, 0.25) is 0 Å². The van der Waals surface area contributed by atoms with E-state index in [-0.39, 0.29) is 0 Å². The molecule has 0 aliphatic carbocycles. The van der Waals surface area contributed by atoms with E-state index in [0.29, 0.717) is 19.0 Å². The fourth-order valence-corrected chi connectivity index (χ4v) is 3.21. The quantitative estimate of drug-likeness (QED) is 0.504. The third kappa shape index (κ3) is 4.15. The van der Waals surface area contributed by atoms with Gasteiger partial charge in [-0.25, -0.2) is 9.67 Å². The monoisotopic (exact) mass is 358 g/mol. The molecule has 2 N–H and O–H groups in total. The van der Waals surface area contributed by atoms with Gasteiger partial charge in [-0.3, -0.25) is 0 Å². The van der Waals surface area contributed by atoms with Gasteiger partial charge in [-0.1, -0.05) is 36.4 Å². The number of fused-ring (bicyclic) bond motifs is 1. The summed E-state index contributed by atoms with van der Waals surface area (Å²) in [6, 6.07) is 20.3. The van der Waals surface area contributed by atoms with Crippen molar-refractivity contribution in [1.82, 2.24) is 14.8 Å². The maximum Gasteiger partial charge on any atom is 0.124 e. The van der Waals surface area contributed by atoms with E-state index in [1.807, 2.05) is 47.3 Å². The van der Waals surface area contributed by atoms with Gasteiger partial charge in [0, 0.05) is 24.4 Å². The van der Waals surface area contributed by atoms with Crippen LogP contribution < -0.4 is 5.73 Å². The lowest BCUT2D eigenvalue weighted by Crippen LogP contribution is -2.01. The van der Waals surface area contributed by atoms with Gasteiger partial charge in [-0.2, -0.15) is 5.10 Å². The Hall–Kier alpha value is -3.18. The maximum atomic E-state index is 6.04. The van der Waals surface area contributed by atoms with Crippen molar-refractivity contribution in [2.24, 2.45) is 0 Å².